The van der Waals surface area contributed by atoms with Crippen LogP contribution in [0.2, 0.25) is 0 Å². The number of halogens is 1. The Balaban J connectivity index is 0.00000256. The summed E-state index contributed by atoms with van der Waals surface area (Å²) in [7, 11) is 0. The predicted molar refractivity (Wildman–Crippen MR) is 64.3 cm³/mol. The maximum atomic E-state index is 10.4. The van der Waals surface area contributed by atoms with E-state index in [9.17, 15) is 14.9 Å². The molecule has 0 radical (unpaired) electrons. The minimum absolute atomic E-state index is 0. The number of hydrogen-bond acceptors (Lipinski definition) is 4. The van der Waals surface area contributed by atoms with E-state index in [-0.39, 0.29) is 24.5 Å². The second-order valence-corrected chi connectivity index (χ2v) is 3.49. The maximum Gasteiger partial charge on any atom is 0.304 e. The van der Waals surface area contributed by atoms with E-state index in [1.807, 2.05) is 0 Å². The summed E-state index contributed by atoms with van der Waals surface area (Å²) >= 11 is 0. The molecule has 0 saturated heterocycles. The monoisotopic (exact) mass is 260 g/mol. The van der Waals surface area contributed by atoms with E-state index in [1.54, 1.807) is 12.1 Å². The Bertz CT molecular complexity index is 394. The number of carbonyl (C=O) groups is 1. The van der Waals surface area contributed by atoms with Gasteiger partial charge in [0.1, 0.15) is 0 Å². The van der Waals surface area contributed by atoms with E-state index in [1.165, 1.54) is 12.1 Å². The molecule has 0 aliphatic heterocycles. The molecule has 6 nitrogen and oxygen atoms in total. The molecule has 1 unspecified atom stereocenters. The highest BCUT2D eigenvalue weighted by molar-refractivity contribution is 5.85. The van der Waals surface area contributed by atoms with Crippen LogP contribution in [0.15, 0.2) is 24.3 Å². The molecule has 1 aromatic rings. The summed E-state index contributed by atoms with van der Waals surface area (Å²) in [5.74, 6) is -0.950. The zero-order valence-corrected chi connectivity index (χ0v) is 9.72. The third kappa shape index (κ3) is 5.28. The third-order valence-electron chi connectivity index (χ3n) is 2.08. The van der Waals surface area contributed by atoms with E-state index in [0.717, 1.165) is 5.56 Å². The minimum Gasteiger partial charge on any atom is -0.481 e. The normalized spacial score (nSPS) is 11.4. The number of benzene rings is 1. The fourth-order valence-corrected chi connectivity index (χ4v) is 1.35. The summed E-state index contributed by atoms with van der Waals surface area (Å²) in [6, 6.07) is 5.45. The van der Waals surface area contributed by atoms with E-state index >= 15 is 0 Å². The van der Waals surface area contributed by atoms with Crippen LogP contribution in [-0.2, 0) is 11.2 Å². The molecule has 17 heavy (non-hydrogen) atoms. The van der Waals surface area contributed by atoms with Crippen molar-refractivity contribution in [2.45, 2.75) is 18.9 Å². The summed E-state index contributed by atoms with van der Waals surface area (Å²) in [6.45, 7) is 0. The van der Waals surface area contributed by atoms with Gasteiger partial charge in [0.2, 0.25) is 0 Å². The van der Waals surface area contributed by atoms with Crippen LogP contribution in [0.25, 0.3) is 0 Å². The lowest BCUT2D eigenvalue weighted by Crippen LogP contribution is -2.26. The van der Waals surface area contributed by atoms with Gasteiger partial charge < -0.3 is 10.8 Å². The lowest BCUT2D eigenvalue weighted by Gasteiger charge is -2.08. The number of nitro groups is 1. The molecule has 0 bridgehead atoms. The van der Waals surface area contributed by atoms with E-state index in [4.69, 9.17) is 10.8 Å². The standard InChI is InChI=1S/C10H12N2O4.ClH/c11-8(6-10(13)14)5-7-1-3-9(4-2-7)12(15)16;/h1-4,8H,5-6,11H2,(H,13,14);1H. The van der Waals surface area contributed by atoms with E-state index in [2.05, 4.69) is 0 Å². The number of carboxylic acids is 1. The number of hydrogen-bond donors (Lipinski definition) is 2. The molecule has 0 spiro atoms. The van der Waals surface area contributed by atoms with Gasteiger partial charge in [-0.05, 0) is 12.0 Å². The molecular weight excluding hydrogens is 248 g/mol. The summed E-state index contributed by atoms with van der Waals surface area (Å²) < 4.78 is 0. The van der Waals surface area contributed by atoms with Crippen LogP contribution in [-0.4, -0.2) is 22.0 Å². The highest BCUT2D eigenvalue weighted by Crippen LogP contribution is 2.13. The average Bonchev–Trinajstić information content (AvgIpc) is 2.16. The van der Waals surface area contributed by atoms with Crippen LogP contribution in [0.3, 0.4) is 0 Å². The first-order valence-electron chi connectivity index (χ1n) is 4.69. The first-order chi connectivity index (χ1) is 7.49. The van der Waals surface area contributed by atoms with Gasteiger partial charge in [-0.3, -0.25) is 14.9 Å². The van der Waals surface area contributed by atoms with E-state index in [0.29, 0.717) is 6.42 Å². The van der Waals surface area contributed by atoms with Crippen LogP contribution in [0.4, 0.5) is 5.69 Å². The topological polar surface area (TPSA) is 106 Å². The molecule has 0 saturated carbocycles. The number of aliphatic carboxylic acids is 1. The van der Waals surface area contributed by atoms with Crippen LogP contribution in [0.5, 0.6) is 0 Å². The van der Waals surface area contributed by atoms with E-state index < -0.39 is 16.9 Å². The SMILES string of the molecule is Cl.NC(CC(=O)O)Cc1ccc([N+](=O)[O-])cc1. The molecule has 0 aromatic heterocycles. The molecule has 0 aliphatic carbocycles. The molecule has 1 atom stereocenters. The molecule has 3 N–H and O–H groups in total. The molecule has 0 fully saturated rings. The Labute approximate surface area is 104 Å². The second-order valence-electron chi connectivity index (χ2n) is 3.49. The first-order valence-corrected chi connectivity index (χ1v) is 4.69. The second kappa shape index (κ2) is 6.82. The van der Waals surface area contributed by atoms with Crippen molar-refractivity contribution in [3.8, 4) is 0 Å². The lowest BCUT2D eigenvalue weighted by molar-refractivity contribution is -0.384. The van der Waals surface area contributed by atoms with Crippen molar-refractivity contribution in [1.82, 2.24) is 0 Å². The molecule has 0 amide bonds. The highest BCUT2D eigenvalue weighted by atomic mass is 35.5. The Morgan fingerprint density at radius 3 is 2.35 bits per heavy atom. The third-order valence-corrected chi connectivity index (χ3v) is 2.08. The molecular formula is C10H13ClN2O4. The molecule has 94 valence electrons. The summed E-state index contributed by atoms with van der Waals surface area (Å²) in [5.41, 5.74) is 6.39. The minimum atomic E-state index is -0.950. The fourth-order valence-electron chi connectivity index (χ4n) is 1.35. The number of nitro benzene ring substituents is 1. The summed E-state index contributed by atoms with van der Waals surface area (Å²) in [5, 5.41) is 18.9. The van der Waals surface area contributed by atoms with Crippen molar-refractivity contribution in [3.63, 3.8) is 0 Å². The van der Waals surface area contributed by atoms with Crippen LogP contribution in [0.1, 0.15) is 12.0 Å². The number of carboxylic acid groups (broad SMARTS) is 1. The van der Waals surface area contributed by atoms with Crippen LogP contribution in [0, 0.1) is 10.1 Å². The van der Waals surface area contributed by atoms with Crippen molar-refractivity contribution < 1.29 is 14.8 Å². The largest absolute Gasteiger partial charge is 0.481 e. The fraction of sp³-hybridized carbons (Fsp3) is 0.300. The van der Waals surface area contributed by atoms with Crippen LogP contribution >= 0.6 is 12.4 Å². The van der Waals surface area contributed by atoms with Gasteiger partial charge in [-0.25, -0.2) is 0 Å². The number of nitrogens with zero attached hydrogens (tertiary/aromatic N) is 1. The van der Waals surface area contributed by atoms with Gasteiger partial charge in [-0.2, -0.15) is 0 Å². The smallest absolute Gasteiger partial charge is 0.304 e. The molecule has 0 aliphatic rings. The van der Waals surface area contributed by atoms with Gasteiger partial charge in [0.05, 0.1) is 11.3 Å². The van der Waals surface area contributed by atoms with Crippen molar-refractivity contribution in [2.75, 3.05) is 0 Å². The Kier molecular flexibility index (Phi) is 6.16. The molecule has 1 aromatic carbocycles. The zero-order chi connectivity index (χ0) is 12.1. The van der Waals surface area contributed by atoms with Crippen molar-refractivity contribution in [3.05, 3.63) is 39.9 Å². The predicted octanol–water partition coefficient (Wildman–Crippen LogP) is 1.36. The Morgan fingerprint density at radius 1 is 1.41 bits per heavy atom. The molecule has 1 rings (SSSR count). The van der Waals surface area contributed by atoms with Gasteiger partial charge in [0.15, 0.2) is 0 Å². The summed E-state index contributed by atoms with van der Waals surface area (Å²) in [4.78, 5) is 20.3. The van der Waals surface area contributed by atoms with Gasteiger partial charge >= 0.3 is 5.97 Å². The quantitative estimate of drug-likeness (QED) is 0.614. The van der Waals surface area contributed by atoms with Crippen molar-refractivity contribution in [1.29, 1.82) is 0 Å². The van der Waals surface area contributed by atoms with Gasteiger partial charge in [0.25, 0.3) is 5.69 Å². The van der Waals surface area contributed by atoms with Gasteiger partial charge in [0, 0.05) is 18.2 Å². The van der Waals surface area contributed by atoms with Crippen molar-refractivity contribution in [2.24, 2.45) is 5.73 Å². The number of rotatable bonds is 5. The first kappa shape index (κ1) is 15.3. The Hall–Kier alpha value is -1.66. The highest BCUT2D eigenvalue weighted by Gasteiger charge is 2.10. The van der Waals surface area contributed by atoms with Crippen LogP contribution < -0.4 is 5.73 Å². The Morgan fingerprint density at radius 2 is 1.94 bits per heavy atom. The zero-order valence-electron chi connectivity index (χ0n) is 8.91. The molecule has 0 heterocycles. The van der Waals surface area contributed by atoms with Gasteiger partial charge in [-0.1, -0.05) is 12.1 Å². The van der Waals surface area contributed by atoms with Crippen molar-refractivity contribution >= 4 is 24.1 Å². The van der Waals surface area contributed by atoms with Gasteiger partial charge in [-0.15, -0.1) is 12.4 Å². The lowest BCUT2D eigenvalue weighted by atomic mass is 10.0. The summed E-state index contributed by atoms with van der Waals surface area (Å²) in [6.07, 6.45) is 0.279. The average molecular weight is 261 g/mol. The number of non-ortho nitro benzene ring substituents is 1. The maximum absolute atomic E-state index is 10.4. The number of nitrogens with two attached hydrogens (primary N) is 1. The molecule has 7 heteroatoms.